The molecule has 0 aliphatic heterocycles. The summed E-state index contributed by atoms with van der Waals surface area (Å²) in [5.74, 6) is 1.16. The molecule has 0 aliphatic rings. The highest BCUT2D eigenvalue weighted by Gasteiger charge is 2.08. The summed E-state index contributed by atoms with van der Waals surface area (Å²) in [6.07, 6.45) is 1.80. The van der Waals surface area contributed by atoms with Crippen LogP contribution in [0.2, 0.25) is 0 Å². The van der Waals surface area contributed by atoms with E-state index in [1.54, 1.807) is 35.9 Å². The van der Waals surface area contributed by atoms with E-state index in [9.17, 15) is 0 Å². The molecule has 0 radical (unpaired) electrons. The highest BCUT2D eigenvalue weighted by atomic mass is 127. The van der Waals surface area contributed by atoms with Crippen LogP contribution in [0.4, 0.5) is 0 Å². The zero-order valence-corrected chi connectivity index (χ0v) is 16.1. The fourth-order valence-electron chi connectivity index (χ4n) is 1.45. The average molecular weight is 438 g/mol. The number of guanidine groups is 1. The summed E-state index contributed by atoms with van der Waals surface area (Å²) >= 11 is 3.25. The third kappa shape index (κ3) is 5.83. The Labute approximate surface area is 149 Å². The molecule has 0 bridgehead atoms. The van der Waals surface area contributed by atoms with Crippen LogP contribution in [0.25, 0.3) is 0 Å². The minimum Gasteiger partial charge on any atom is -0.350 e. The Bertz CT molecular complexity index is 552. The largest absolute Gasteiger partial charge is 0.350 e. The first-order valence-corrected chi connectivity index (χ1v) is 8.03. The van der Waals surface area contributed by atoms with Crippen molar-refractivity contribution in [3.63, 3.8) is 0 Å². The molecule has 21 heavy (non-hydrogen) atoms. The van der Waals surface area contributed by atoms with E-state index in [2.05, 4.69) is 44.7 Å². The lowest BCUT2D eigenvalue weighted by Gasteiger charge is -2.09. The first kappa shape index (κ1) is 18.2. The van der Waals surface area contributed by atoms with Crippen molar-refractivity contribution in [3.8, 4) is 0 Å². The summed E-state index contributed by atoms with van der Waals surface area (Å²) in [4.78, 5) is 8.39. The van der Waals surface area contributed by atoms with Gasteiger partial charge in [-0.15, -0.1) is 45.5 Å². The van der Waals surface area contributed by atoms with Gasteiger partial charge in [0.25, 0.3) is 0 Å². The molecule has 2 rings (SSSR count). The van der Waals surface area contributed by atoms with Gasteiger partial charge in [-0.05, 0) is 0 Å². The van der Waals surface area contributed by atoms with Gasteiger partial charge < -0.3 is 10.6 Å². The number of rotatable bonds is 5. The van der Waals surface area contributed by atoms with E-state index in [0.29, 0.717) is 19.0 Å². The molecule has 6 nitrogen and oxygen atoms in total. The summed E-state index contributed by atoms with van der Waals surface area (Å²) < 4.78 is 0. The maximum absolute atomic E-state index is 4.22. The molecule has 0 unspecified atom stereocenters. The minimum atomic E-state index is 0. The maximum atomic E-state index is 4.22. The van der Waals surface area contributed by atoms with Crippen LogP contribution in [0.1, 0.15) is 34.8 Å². The molecular formula is C12H19IN6S2. The number of halogens is 1. The topological polar surface area (TPSA) is 75.1 Å². The molecule has 0 saturated heterocycles. The predicted molar refractivity (Wildman–Crippen MR) is 98.6 cm³/mol. The zero-order chi connectivity index (χ0) is 14.4. The Balaban J connectivity index is 0.00000220. The van der Waals surface area contributed by atoms with Gasteiger partial charge in [0, 0.05) is 24.5 Å². The molecule has 0 aliphatic carbocycles. The molecule has 0 spiro atoms. The van der Waals surface area contributed by atoms with Gasteiger partial charge in [0.15, 0.2) is 5.96 Å². The quantitative estimate of drug-likeness (QED) is 0.427. The lowest BCUT2D eigenvalue weighted by Crippen LogP contribution is -2.36. The molecular weight excluding hydrogens is 419 g/mol. The number of hydrogen-bond donors (Lipinski definition) is 2. The lowest BCUT2D eigenvalue weighted by atomic mass is 10.2. The summed E-state index contributed by atoms with van der Waals surface area (Å²) in [6.45, 7) is 5.53. The van der Waals surface area contributed by atoms with Crippen molar-refractivity contribution in [2.75, 3.05) is 7.05 Å². The standard InChI is InChI=1S/C12H18N6S2.HI/c1-8(2)11-18-17-10(20-11)7-16-12(13-3)15-6-9-14-4-5-19-9;/h4-5,8H,6-7H2,1-3H3,(H2,13,15,16);1H. The van der Waals surface area contributed by atoms with Gasteiger partial charge in [-0.25, -0.2) is 4.98 Å². The first-order chi connectivity index (χ1) is 9.69. The second-order valence-corrected chi connectivity index (χ2v) is 6.47. The van der Waals surface area contributed by atoms with E-state index < -0.39 is 0 Å². The van der Waals surface area contributed by atoms with Gasteiger partial charge in [-0.1, -0.05) is 25.2 Å². The number of hydrogen-bond acceptors (Lipinski definition) is 6. The normalized spacial score (nSPS) is 11.3. The summed E-state index contributed by atoms with van der Waals surface area (Å²) in [7, 11) is 1.75. The Morgan fingerprint density at radius 2 is 1.95 bits per heavy atom. The molecule has 0 saturated carbocycles. The van der Waals surface area contributed by atoms with Gasteiger partial charge >= 0.3 is 0 Å². The Hall–Kier alpha value is -0.810. The first-order valence-electron chi connectivity index (χ1n) is 6.34. The Kier molecular flexibility index (Phi) is 8.04. The van der Waals surface area contributed by atoms with E-state index in [4.69, 9.17) is 0 Å². The number of aromatic nitrogens is 3. The molecule has 9 heteroatoms. The summed E-state index contributed by atoms with van der Waals surface area (Å²) in [5, 5.41) is 19.8. The van der Waals surface area contributed by atoms with E-state index >= 15 is 0 Å². The highest BCUT2D eigenvalue weighted by molar-refractivity contribution is 14.0. The molecule has 0 atom stereocenters. The van der Waals surface area contributed by atoms with Crippen LogP contribution in [-0.2, 0) is 13.1 Å². The second kappa shape index (κ2) is 9.26. The molecule has 2 aromatic heterocycles. The lowest BCUT2D eigenvalue weighted by molar-refractivity contribution is 0.782. The van der Waals surface area contributed by atoms with Crippen molar-refractivity contribution in [2.45, 2.75) is 32.9 Å². The molecule has 116 valence electrons. The van der Waals surface area contributed by atoms with Crippen LogP contribution < -0.4 is 10.6 Å². The third-order valence-corrected chi connectivity index (χ3v) is 4.50. The SMILES string of the molecule is CN=C(NCc1nccs1)NCc1nnc(C(C)C)s1.I. The number of nitrogens with zero attached hydrogens (tertiary/aromatic N) is 4. The van der Waals surface area contributed by atoms with Crippen LogP contribution in [0.15, 0.2) is 16.6 Å². The van der Waals surface area contributed by atoms with Crippen LogP contribution in [0.5, 0.6) is 0 Å². The van der Waals surface area contributed by atoms with Gasteiger partial charge in [-0.3, -0.25) is 4.99 Å². The minimum absolute atomic E-state index is 0. The second-order valence-electron chi connectivity index (χ2n) is 4.39. The number of aliphatic imine (C=N–C) groups is 1. The van der Waals surface area contributed by atoms with Crippen LogP contribution in [-0.4, -0.2) is 28.2 Å². The van der Waals surface area contributed by atoms with Gasteiger partial charge in [0.05, 0.1) is 13.1 Å². The Morgan fingerprint density at radius 3 is 2.48 bits per heavy atom. The molecule has 0 aromatic carbocycles. The van der Waals surface area contributed by atoms with E-state index in [-0.39, 0.29) is 24.0 Å². The smallest absolute Gasteiger partial charge is 0.191 e. The average Bonchev–Trinajstić information content (AvgIpc) is 3.10. The van der Waals surface area contributed by atoms with E-state index in [1.807, 2.05) is 5.38 Å². The summed E-state index contributed by atoms with van der Waals surface area (Å²) in [5.41, 5.74) is 0. The Morgan fingerprint density at radius 1 is 1.24 bits per heavy atom. The van der Waals surface area contributed by atoms with E-state index in [1.165, 1.54) is 0 Å². The number of nitrogens with one attached hydrogen (secondary N) is 2. The monoisotopic (exact) mass is 438 g/mol. The highest BCUT2D eigenvalue weighted by Crippen LogP contribution is 2.18. The zero-order valence-electron chi connectivity index (χ0n) is 12.2. The third-order valence-electron chi connectivity index (χ3n) is 2.50. The van der Waals surface area contributed by atoms with Crippen molar-refractivity contribution >= 4 is 52.6 Å². The predicted octanol–water partition coefficient (Wildman–Crippen LogP) is 2.60. The molecule has 2 aromatic rings. The van der Waals surface area contributed by atoms with Crippen molar-refractivity contribution in [1.82, 2.24) is 25.8 Å². The molecule has 0 fully saturated rings. The van der Waals surface area contributed by atoms with Crippen molar-refractivity contribution in [3.05, 3.63) is 26.6 Å². The van der Waals surface area contributed by atoms with Gasteiger partial charge in [-0.2, -0.15) is 0 Å². The fraction of sp³-hybridized carbons (Fsp3) is 0.500. The fourth-order valence-corrected chi connectivity index (χ4v) is 2.79. The van der Waals surface area contributed by atoms with Crippen LogP contribution in [0, 0.1) is 0 Å². The van der Waals surface area contributed by atoms with Crippen LogP contribution in [0.3, 0.4) is 0 Å². The van der Waals surface area contributed by atoms with Crippen molar-refractivity contribution in [1.29, 1.82) is 0 Å². The van der Waals surface area contributed by atoms with Gasteiger partial charge in [0.1, 0.15) is 15.0 Å². The van der Waals surface area contributed by atoms with E-state index in [0.717, 1.165) is 21.0 Å². The summed E-state index contributed by atoms with van der Waals surface area (Å²) in [6, 6.07) is 0. The van der Waals surface area contributed by atoms with Crippen molar-refractivity contribution in [2.24, 2.45) is 4.99 Å². The van der Waals surface area contributed by atoms with Crippen LogP contribution >= 0.6 is 46.7 Å². The molecule has 0 amide bonds. The van der Waals surface area contributed by atoms with Gasteiger partial charge in [0.2, 0.25) is 0 Å². The molecule has 2 heterocycles. The molecule has 2 N–H and O–H groups in total. The maximum Gasteiger partial charge on any atom is 0.191 e. The van der Waals surface area contributed by atoms with Crippen molar-refractivity contribution < 1.29 is 0 Å². The number of thiazole rings is 1.